The summed E-state index contributed by atoms with van der Waals surface area (Å²) in [5, 5.41) is 0.776. The highest BCUT2D eigenvalue weighted by Crippen LogP contribution is 2.33. The minimum atomic E-state index is -0.269. The number of methoxy groups -OCH3 is 1. The van der Waals surface area contributed by atoms with E-state index in [1.54, 1.807) is 7.11 Å². The molecule has 1 aromatic rings. The van der Waals surface area contributed by atoms with Crippen molar-refractivity contribution in [2.75, 3.05) is 7.11 Å². The molecule has 0 aliphatic heterocycles. The van der Waals surface area contributed by atoms with Gasteiger partial charge in [-0.15, -0.1) is 0 Å². The summed E-state index contributed by atoms with van der Waals surface area (Å²) in [6, 6.07) is 1.93. The van der Waals surface area contributed by atoms with Crippen LogP contribution in [0.15, 0.2) is 6.07 Å². The minimum absolute atomic E-state index is 0.269. The second kappa shape index (κ2) is 4.64. The van der Waals surface area contributed by atoms with Gasteiger partial charge in [-0.2, -0.15) is 0 Å². The number of hydrogen-bond donors (Lipinski definition) is 1. The van der Waals surface area contributed by atoms with Crippen molar-refractivity contribution in [3.8, 4) is 5.75 Å². The van der Waals surface area contributed by atoms with Gasteiger partial charge in [-0.05, 0) is 51.3 Å². The van der Waals surface area contributed by atoms with Crippen LogP contribution in [0.25, 0.3) is 0 Å². The van der Waals surface area contributed by atoms with Crippen molar-refractivity contribution in [3.63, 3.8) is 0 Å². The Morgan fingerprint density at radius 1 is 1.38 bits per heavy atom. The summed E-state index contributed by atoms with van der Waals surface area (Å²) in [5.74, 6) is 0.903. The molecule has 0 spiro atoms. The molecule has 0 aliphatic rings. The predicted molar refractivity (Wildman–Crippen MR) is 69.4 cm³/mol. The first-order chi connectivity index (χ1) is 7.26. The molecule has 0 heterocycles. The Morgan fingerprint density at radius 3 is 2.38 bits per heavy atom. The van der Waals surface area contributed by atoms with Crippen LogP contribution in [0.4, 0.5) is 0 Å². The molecule has 3 heteroatoms. The zero-order valence-electron chi connectivity index (χ0n) is 10.6. The van der Waals surface area contributed by atoms with Crippen LogP contribution in [0.3, 0.4) is 0 Å². The number of benzene rings is 1. The molecule has 0 bridgehead atoms. The van der Waals surface area contributed by atoms with Crippen molar-refractivity contribution in [2.45, 2.75) is 39.7 Å². The van der Waals surface area contributed by atoms with Gasteiger partial charge in [-0.25, -0.2) is 0 Å². The van der Waals surface area contributed by atoms with Crippen LogP contribution in [-0.4, -0.2) is 12.6 Å². The van der Waals surface area contributed by atoms with Gasteiger partial charge in [-0.3, -0.25) is 0 Å². The molecule has 16 heavy (non-hydrogen) atoms. The van der Waals surface area contributed by atoms with E-state index in [2.05, 4.69) is 0 Å². The predicted octanol–water partition coefficient (Wildman–Crippen LogP) is 3.25. The number of hydrogen-bond acceptors (Lipinski definition) is 2. The molecule has 0 amide bonds. The van der Waals surface area contributed by atoms with E-state index in [-0.39, 0.29) is 5.54 Å². The highest BCUT2D eigenvalue weighted by molar-refractivity contribution is 6.31. The van der Waals surface area contributed by atoms with E-state index < -0.39 is 0 Å². The summed E-state index contributed by atoms with van der Waals surface area (Å²) in [6.45, 7) is 8.01. The zero-order valence-corrected chi connectivity index (χ0v) is 11.4. The molecule has 0 saturated heterocycles. The molecule has 0 atom stereocenters. The standard InChI is InChI=1S/C13H20ClNO/c1-8-6-11(14)9(2)10(12(8)16-5)7-13(3,4)15/h6H,7,15H2,1-5H3. The van der Waals surface area contributed by atoms with Crippen molar-refractivity contribution in [1.82, 2.24) is 0 Å². The maximum Gasteiger partial charge on any atom is 0.125 e. The van der Waals surface area contributed by atoms with Crippen molar-refractivity contribution in [1.29, 1.82) is 0 Å². The molecular formula is C13H20ClNO. The van der Waals surface area contributed by atoms with Crippen LogP contribution >= 0.6 is 11.6 Å². The first-order valence-electron chi connectivity index (χ1n) is 5.37. The molecular weight excluding hydrogens is 222 g/mol. The fourth-order valence-electron chi connectivity index (χ4n) is 1.87. The molecule has 0 aromatic heterocycles. The van der Waals surface area contributed by atoms with E-state index in [0.29, 0.717) is 0 Å². The van der Waals surface area contributed by atoms with Gasteiger partial charge < -0.3 is 10.5 Å². The molecule has 0 aliphatic carbocycles. The third-order valence-electron chi connectivity index (χ3n) is 2.62. The average molecular weight is 242 g/mol. The van der Waals surface area contributed by atoms with E-state index in [1.165, 1.54) is 0 Å². The number of nitrogens with two attached hydrogens (primary N) is 1. The lowest BCUT2D eigenvalue weighted by molar-refractivity contribution is 0.398. The Bertz CT molecular complexity index is 394. The van der Waals surface area contributed by atoms with Crippen molar-refractivity contribution < 1.29 is 4.74 Å². The topological polar surface area (TPSA) is 35.2 Å². The van der Waals surface area contributed by atoms with Gasteiger partial charge in [0.1, 0.15) is 5.75 Å². The van der Waals surface area contributed by atoms with Crippen LogP contribution in [0, 0.1) is 13.8 Å². The van der Waals surface area contributed by atoms with Gasteiger partial charge in [0.2, 0.25) is 0 Å². The van der Waals surface area contributed by atoms with E-state index in [0.717, 1.165) is 33.9 Å². The highest BCUT2D eigenvalue weighted by Gasteiger charge is 2.19. The van der Waals surface area contributed by atoms with Gasteiger partial charge in [0.25, 0.3) is 0 Å². The quantitative estimate of drug-likeness (QED) is 0.882. The third kappa shape index (κ3) is 2.89. The van der Waals surface area contributed by atoms with Gasteiger partial charge in [0, 0.05) is 16.1 Å². The lowest BCUT2D eigenvalue weighted by Gasteiger charge is -2.23. The number of rotatable bonds is 3. The molecule has 2 N–H and O–H groups in total. The second-order valence-corrected chi connectivity index (χ2v) is 5.38. The molecule has 0 radical (unpaired) electrons. The molecule has 0 fully saturated rings. The van der Waals surface area contributed by atoms with E-state index in [9.17, 15) is 0 Å². The molecule has 2 nitrogen and oxygen atoms in total. The summed E-state index contributed by atoms with van der Waals surface area (Å²) in [7, 11) is 1.68. The Balaban J connectivity index is 3.33. The molecule has 0 unspecified atom stereocenters. The molecule has 0 saturated carbocycles. The Kier molecular flexibility index (Phi) is 3.87. The van der Waals surface area contributed by atoms with E-state index in [1.807, 2.05) is 33.8 Å². The van der Waals surface area contributed by atoms with Gasteiger partial charge in [-0.1, -0.05) is 11.6 Å². The van der Waals surface area contributed by atoms with Gasteiger partial charge in [0.05, 0.1) is 7.11 Å². The Hall–Kier alpha value is -0.730. The first-order valence-corrected chi connectivity index (χ1v) is 5.75. The normalized spacial score (nSPS) is 11.7. The van der Waals surface area contributed by atoms with E-state index in [4.69, 9.17) is 22.1 Å². The summed E-state index contributed by atoms with van der Waals surface area (Å²) in [4.78, 5) is 0. The van der Waals surface area contributed by atoms with Gasteiger partial charge in [0.15, 0.2) is 0 Å². The smallest absolute Gasteiger partial charge is 0.125 e. The summed E-state index contributed by atoms with van der Waals surface area (Å²) < 4.78 is 5.44. The maximum atomic E-state index is 6.18. The largest absolute Gasteiger partial charge is 0.496 e. The monoisotopic (exact) mass is 241 g/mol. The number of halogens is 1. The first kappa shape index (κ1) is 13.3. The third-order valence-corrected chi connectivity index (χ3v) is 3.02. The Labute approximate surface area is 103 Å². The minimum Gasteiger partial charge on any atom is -0.496 e. The molecule has 1 rings (SSSR count). The fraction of sp³-hybridized carbons (Fsp3) is 0.538. The fourth-order valence-corrected chi connectivity index (χ4v) is 2.15. The highest BCUT2D eigenvalue weighted by atomic mass is 35.5. The van der Waals surface area contributed by atoms with E-state index >= 15 is 0 Å². The maximum absolute atomic E-state index is 6.18. The van der Waals surface area contributed by atoms with Crippen LogP contribution < -0.4 is 10.5 Å². The van der Waals surface area contributed by atoms with Gasteiger partial charge >= 0.3 is 0 Å². The lowest BCUT2D eigenvalue weighted by Crippen LogP contribution is -2.34. The Morgan fingerprint density at radius 2 is 1.94 bits per heavy atom. The molecule has 1 aromatic carbocycles. The molecule has 90 valence electrons. The summed E-state index contributed by atoms with van der Waals surface area (Å²) >= 11 is 6.18. The zero-order chi connectivity index (χ0) is 12.5. The number of ether oxygens (including phenoxy) is 1. The lowest BCUT2D eigenvalue weighted by atomic mass is 9.91. The van der Waals surface area contributed by atoms with Crippen molar-refractivity contribution in [2.24, 2.45) is 5.73 Å². The second-order valence-electron chi connectivity index (χ2n) is 4.98. The van der Waals surface area contributed by atoms with Crippen LogP contribution in [-0.2, 0) is 6.42 Å². The van der Waals surface area contributed by atoms with Crippen LogP contribution in [0.5, 0.6) is 5.75 Å². The average Bonchev–Trinajstić information content (AvgIpc) is 2.12. The van der Waals surface area contributed by atoms with Crippen LogP contribution in [0.2, 0.25) is 5.02 Å². The number of aryl methyl sites for hydroxylation is 1. The van der Waals surface area contributed by atoms with Crippen LogP contribution in [0.1, 0.15) is 30.5 Å². The summed E-state index contributed by atoms with van der Waals surface area (Å²) in [5.41, 5.74) is 9.02. The summed E-state index contributed by atoms with van der Waals surface area (Å²) in [6.07, 6.45) is 0.753. The van der Waals surface area contributed by atoms with Crippen molar-refractivity contribution in [3.05, 3.63) is 27.8 Å². The van der Waals surface area contributed by atoms with Crippen molar-refractivity contribution >= 4 is 11.6 Å². The SMILES string of the molecule is COc1c(C)cc(Cl)c(C)c1CC(C)(C)N.